The molecule has 0 aliphatic heterocycles. The highest BCUT2D eigenvalue weighted by atomic mass is 16.5. The lowest BCUT2D eigenvalue weighted by Gasteiger charge is -2.10. The second kappa shape index (κ2) is 8.01. The van der Waals surface area contributed by atoms with E-state index in [1.165, 1.54) is 14.2 Å². The number of benzene rings is 2. The van der Waals surface area contributed by atoms with Crippen LogP contribution < -0.4 is 20.1 Å². The van der Waals surface area contributed by atoms with Gasteiger partial charge in [0.1, 0.15) is 11.5 Å². The maximum atomic E-state index is 12.2. The van der Waals surface area contributed by atoms with Crippen molar-refractivity contribution in [1.82, 2.24) is 5.32 Å². The molecular weight excluding hydrogens is 308 g/mol. The smallest absolute Gasteiger partial charge is 0.251 e. The van der Waals surface area contributed by atoms with Crippen molar-refractivity contribution in [2.75, 3.05) is 26.1 Å². The third kappa shape index (κ3) is 4.74. The summed E-state index contributed by atoms with van der Waals surface area (Å²) < 4.78 is 10.2. The van der Waals surface area contributed by atoms with E-state index in [0.29, 0.717) is 22.7 Å². The molecule has 0 saturated heterocycles. The number of anilines is 1. The van der Waals surface area contributed by atoms with Gasteiger partial charge in [0.25, 0.3) is 5.91 Å². The van der Waals surface area contributed by atoms with Crippen LogP contribution in [0.25, 0.3) is 0 Å². The quantitative estimate of drug-likeness (QED) is 0.853. The number of hydrogen-bond donors (Lipinski definition) is 2. The van der Waals surface area contributed by atoms with Crippen molar-refractivity contribution in [3.63, 3.8) is 0 Å². The molecule has 0 aliphatic carbocycles. The Hall–Kier alpha value is -3.02. The average molecular weight is 328 g/mol. The molecule has 0 aliphatic rings. The molecule has 2 rings (SSSR count). The van der Waals surface area contributed by atoms with Gasteiger partial charge in [-0.05, 0) is 31.2 Å². The van der Waals surface area contributed by atoms with Gasteiger partial charge in [0.2, 0.25) is 5.91 Å². The molecule has 24 heavy (non-hydrogen) atoms. The fraction of sp³-hybridized carbons (Fsp3) is 0.222. The molecule has 0 unspecified atom stereocenters. The second-order valence-electron chi connectivity index (χ2n) is 5.20. The maximum Gasteiger partial charge on any atom is 0.251 e. The van der Waals surface area contributed by atoms with Crippen LogP contribution in [0.2, 0.25) is 0 Å². The molecule has 0 saturated carbocycles. The number of rotatable bonds is 6. The van der Waals surface area contributed by atoms with Crippen LogP contribution in [0.3, 0.4) is 0 Å². The van der Waals surface area contributed by atoms with Gasteiger partial charge in [-0.1, -0.05) is 17.7 Å². The van der Waals surface area contributed by atoms with Gasteiger partial charge in [-0.3, -0.25) is 9.59 Å². The number of aryl methyl sites for hydroxylation is 1. The first-order valence-electron chi connectivity index (χ1n) is 7.39. The molecule has 2 aromatic rings. The first-order chi connectivity index (χ1) is 11.5. The zero-order chi connectivity index (χ0) is 17.5. The molecule has 0 heterocycles. The highest BCUT2D eigenvalue weighted by Crippen LogP contribution is 2.22. The number of carbonyl (C=O) groups is 2. The first-order valence-corrected chi connectivity index (χ1v) is 7.39. The lowest BCUT2D eigenvalue weighted by atomic mass is 10.2. The predicted octanol–water partition coefficient (Wildman–Crippen LogP) is 2.38. The molecule has 126 valence electrons. The van der Waals surface area contributed by atoms with Gasteiger partial charge < -0.3 is 20.1 Å². The third-order valence-corrected chi connectivity index (χ3v) is 3.36. The summed E-state index contributed by atoms with van der Waals surface area (Å²) in [5.74, 6) is 0.320. The molecular formula is C18H20N2O4. The summed E-state index contributed by atoms with van der Waals surface area (Å²) in [7, 11) is 3.01. The summed E-state index contributed by atoms with van der Waals surface area (Å²) in [6.07, 6.45) is 0. The highest BCUT2D eigenvalue weighted by Gasteiger charge is 2.11. The van der Waals surface area contributed by atoms with Crippen molar-refractivity contribution in [2.45, 2.75) is 6.92 Å². The van der Waals surface area contributed by atoms with Crippen molar-refractivity contribution in [3.8, 4) is 11.5 Å². The van der Waals surface area contributed by atoms with E-state index in [2.05, 4.69) is 10.6 Å². The molecule has 0 radical (unpaired) electrons. The summed E-state index contributed by atoms with van der Waals surface area (Å²) in [5, 5.41) is 5.29. The molecule has 0 fully saturated rings. The number of hydrogen-bond acceptors (Lipinski definition) is 4. The van der Waals surface area contributed by atoms with Crippen molar-refractivity contribution >= 4 is 17.5 Å². The van der Waals surface area contributed by atoms with E-state index >= 15 is 0 Å². The van der Waals surface area contributed by atoms with E-state index in [1.807, 2.05) is 31.2 Å². The number of amides is 2. The van der Waals surface area contributed by atoms with Gasteiger partial charge in [0.15, 0.2) is 0 Å². The monoisotopic (exact) mass is 328 g/mol. The zero-order valence-corrected chi connectivity index (χ0v) is 13.9. The van der Waals surface area contributed by atoms with Gasteiger partial charge in [-0.15, -0.1) is 0 Å². The minimum Gasteiger partial charge on any atom is -0.497 e. The van der Waals surface area contributed by atoms with Crippen LogP contribution in [-0.2, 0) is 4.79 Å². The van der Waals surface area contributed by atoms with Crippen LogP contribution in [0.15, 0.2) is 42.5 Å². The van der Waals surface area contributed by atoms with Gasteiger partial charge in [-0.2, -0.15) is 0 Å². The van der Waals surface area contributed by atoms with Gasteiger partial charge in [-0.25, -0.2) is 0 Å². The summed E-state index contributed by atoms with van der Waals surface area (Å²) >= 11 is 0. The van der Waals surface area contributed by atoms with Gasteiger partial charge in [0.05, 0.1) is 20.8 Å². The normalized spacial score (nSPS) is 9.96. The van der Waals surface area contributed by atoms with Crippen molar-refractivity contribution in [2.24, 2.45) is 0 Å². The Balaban J connectivity index is 1.94. The topological polar surface area (TPSA) is 76.7 Å². The summed E-state index contributed by atoms with van der Waals surface area (Å²) in [6, 6.07) is 12.2. The van der Waals surface area contributed by atoms with Crippen molar-refractivity contribution in [1.29, 1.82) is 0 Å². The molecule has 2 aromatic carbocycles. The Bertz CT molecular complexity index is 704. The van der Waals surface area contributed by atoms with E-state index < -0.39 is 0 Å². The predicted molar refractivity (Wildman–Crippen MR) is 91.7 cm³/mol. The van der Waals surface area contributed by atoms with Crippen molar-refractivity contribution < 1.29 is 19.1 Å². The largest absolute Gasteiger partial charge is 0.497 e. The third-order valence-electron chi connectivity index (χ3n) is 3.36. The molecule has 0 spiro atoms. The van der Waals surface area contributed by atoms with E-state index in [1.54, 1.807) is 18.2 Å². The molecule has 0 bridgehead atoms. The Morgan fingerprint density at radius 3 is 2.08 bits per heavy atom. The first kappa shape index (κ1) is 17.3. The summed E-state index contributed by atoms with van der Waals surface area (Å²) in [6.45, 7) is 1.83. The fourth-order valence-electron chi connectivity index (χ4n) is 2.04. The zero-order valence-electron chi connectivity index (χ0n) is 13.9. The minimum atomic E-state index is -0.383. The lowest BCUT2D eigenvalue weighted by molar-refractivity contribution is -0.115. The van der Waals surface area contributed by atoms with Crippen LogP contribution in [0.4, 0.5) is 5.69 Å². The molecule has 2 amide bonds. The maximum absolute atomic E-state index is 12.2. The van der Waals surface area contributed by atoms with E-state index in [-0.39, 0.29) is 18.4 Å². The van der Waals surface area contributed by atoms with Crippen LogP contribution in [0.1, 0.15) is 15.9 Å². The number of nitrogens with one attached hydrogen (secondary N) is 2. The van der Waals surface area contributed by atoms with E-state index in [4.69, 9.17) is 9.47 Å². The van der Waals surface area contributed by atoms with Crippen LogP contribution in [-0.4, -0.2) is 32.6 Å². The summed E-state index contributed by atoms with van der Waals surface area (Å²) in [4.78, 5) is 24.1. The summed E-state index contributed by atoms with van der Waals surface area (Å²) in [5.41, 5.74) is 2.14. The van der Waals surface area contributed by atoms with E-state index in [0.717, 1.165) is 5.56 Å². The highest BCUT2D eigenvalue weighted by molar-refractivity contribution is 5.99. The minimum absolute atomic E-state index is 0.133. The molecule has 2 N–H and O–H groups in total. The Morgan fingerprint density at radius 1 is 0.958 bits per heavy atom. The van der Waals surface area contributed by atoms with E-state index in [9.17, 15) is 9.59 Å². The van der Waals surface area contributed by atoms with Crippen LogP contribution in [0, 0.1) is 6.92 Å². The van der Waals surface area contributed by atoms with Gasteiger partial charge in [0, 0.05) is 17.3 Å². The second-order valence-corrected chi connectivity index (χ2v) is 5.20. The van der Waals surface area contributed by atoms with Crippen molar-refractivity contribution in [3.05, 3.63) is 53.6 Å². The Labute approximate surface area is 140 Å². The van der Waals surface area contributed by atoms with Gasteiger partial charge >= 0.3 is 0 Å². The molecule has 0 aromatic heterocycles. The van der Waals surface area contributed by atoms with Crippen LogP contribution >= 0.6 is 0 Å². The average Bonchev–Trinajstić information content (AvgIpc) is 2.61. The molecule has 6 heteroatoms. The number of ether oxygens (including phenoxy) is 2. The molecule has 0 atom stereocenters. The lowest BCUT2D eigenvalue weighted by Crippen LogP contribution is -2.32. The van der Waals surface area contributed by atoms with Crippen LogP contribution in [0.5, 0.6) is 11.5 Å². The Kier molecular flexibility index (Phi) is 5.78. The molecule has 6 nitrogen and oxygen atoms in total. The standard InChI is InChI=1S/C18H20N2O4/c1-12-4-6-14(7-5-12)20-17(21)11-19-18(22)13-8-15(23-2)10-16(9-13)24-3/h4-10H,11H2,1-3H3,(H,19,22)(H,20,21). The number of carbonyl (C=O) groups excluding carboxylic acids is 2. The fourth-order valence-corrected chi connectivity index (χ4v) is 2.04. The Morgan fingerprint density at radius 2 is 1.54 bits per heavy atom. The SMILES string of the molecule is COc1cc(OC)cc(C(=O)NCC(=O)Nc2ccc(C)cc2)c1. The number of methoxy groups -OCH3 is 2.